The number of piperidine rings is 1. The second kappa shape index (κ2) is 6.72. The highest BCUT2D eigenvalue weighted by Gasteiger charge is 2.28. The molecule has 1 aliphatic heterocycles. The molecule has 0 atom stereocenters. The van der Waals surface area contributed by atoms with Crippen molar-refractivity contribution < 1.29 is 9.59 Å². The summed E-state index contributed by atoms with van der Waals surface area (Å²) in [7, 11) is 0. The van der Waals surface area contributed by atoms with Crippen LogP contribution in [0, 0.1) is 13.8 Å². The molecule has 5 nitrogen and oxygen atoms in total. The SMILES string of the molecule is Cc1ccc(C)c(C(=O)N(CC(N)=O)C2CCNCC2)c1. The molecule has 0 aliphatic carbocycles. The second-order valence-electron chi connectivity index (χ2n) is 5.70. The quantitative estimate of drug-likeness (QED) is 0.867. The summed E-state index contributed by atoms with van der Waals surface area (Å²) in [5.74, 6) is -0.561. The predicted octanol–water partition coefficient (Wildman–Crippen LogP) is 0.983. The molecule has 1 fully saturated rings. The lowest BCUT2D eigenvalue weighted by molar-refractivity contribution is -0.119. The summed E-state index contributed by atoms with van der Waals surface area (Å²) in [5, 5.41) is 3.27. The Morgan fingerprint density at radius 3 is 2.57 bits per heavy atom. The van der Waals surface area contributed by atoms with E-state index in [0.29, 0.717) is 5.56 Å². The molecule has 1 saturated heterocycles. The molecule has 5 heteroatoms. The smallest absolute Gasteiger partial charge is 0.254 e. The largest absolute Gasteiger partial charge is 0.368 e. The number of nitrogens with one attached hydrogen (secondary N) is 1. The first-order valence-electron chi connectivity index (χ1n) is 7.36. The number of hydrogen-bond acceptors (Lipinski definition) is 3. The van der Waals surface area contributed by atoms with Gasteiger partial charge in [-0.2, -0.15) is 0 Å². The number of nitrogens with two attached hydrogens (primary N) is 1. The van der Waals surface area contributed by atoms with Crippen molar-refractivity contribution in [2.24, 2.45) is 5.73 Å². The van der Waals surface area contributed by atoms with E-state index in [9.17, 15) is 9.59 Å². The zero-order valence-electron chi connectivity index (χ0n) is 12.7. The molecule has 1 aliphatic rings. The summed E-state index contributed by atoms with van der Waals surface area (Å²) in [5.41, 5.74) is 7.96. The molecule has 2 amide bonds. The summed E-state index contributed by atoms with van der Waals surface area (Å²) >= 11 is 0. The molecule has 21 heavy (non-hydrogen) atoms. The zero-order valence-corrected chi connectivity index (χ0v) is 12.7. The van der Waals surface area contributed by atoms with Crippen molar-refractivity contribution in [2.45, 2.75) is 32.7 Å². The van der Waals surface area contributed by atoms with Gasteiger partial charge >= 0.3 is 0 Å². The van der Waals surface area contributed by atoms with Crippen molar-refractivity contribution in [2.75, 3.05) is 19.6 Å². The molecule has 1 aromatic carbocycles. The number of aryl methyl sites for hydroxylation is 2. The van der Waals surface area contributed by atoms with Crippen LogP contribution in [0.25, 0.3) is 0 Å². The van der Waals surface area contributed by atoms with Crippen molar-refractivity contribution in [1.82, 2.24) is 10.2 Å². The van der Waals surface area contributed by atoms with Gasteiger partial charge in [-0.1, -0.05) is 17.7 Å². The van der Waals surface area contributed by atoms with Crippen LogP contribution in [-0.2, 0) is 4.79 Å². The van der Waals surface area contributed by atoms with Gasteiger partial charge in [0.15, 0.2) is 0 Å². The van der Waals surface area contributed by atoms with E-state index in [1.54, 1.807) is 4.90 Å². The third-order valence-electron chi connectivity index (χ3n) is 3.96. The average molecular weight is 289 g/mol. The third-order valence-corrected chi connectivity index (χ3v) is 3.96. The Morgan fingerprint density at radius 1 is 1.29 bits per heavy atom. The molecule has 1 aromatic rings. The highest BCUT2D eigenvalue weighted by Crippen LogP contribution is 2.18. The molecule has 0 radical (unpaired) electrons. The zero-order chi connectivity index (χ0) is 15.4. The minimum absolute atomic E-state index is 0.0170. The maximum absolute atomic E-state index is 12.9. The summed E-state index contributed by atoms with van der Waals surface area (Å²) in [6, 6.07) is 5.88. The Balaban J connectivity index is 2.28. The molecule has 0 aromatic heterocycles. The lowest BCUT2D eigenvalue weighted by atomic mass is 10.0. The van der Waals surface area contributed by atoms with E-state index in [-0.39, 0.29) is 18.5 Å². The lowest BCUT2D eigenvalue weighted by Gasteiger charge is -2.34. The van der Waals surface area contributed by atoms with Crippen LogP contribution in [0.4, 0.5) is 0 Å². The van der Waals surface area contributed by atoms with E-state index in [2.05, 4.69) is 5.32 Å². The Bertz CT molecular complexity index is 536. The van der Waals surface area contributed by atoms with Gasteiger partial charge in [-0.15, -0.1) is 0 Å². The van der Waals surface area contributed by atoms with Crippen LogP contribution in [0.2, 0.25) is 0 Å². The topological polar surface area (TPSA) is 75.4 Å². The highest BCUT2D eigenvalue weighted by molar-refractivity contribution is 5.98. The maximum Gasteiger partial charge on any atom is 0.254 e. The predicted molar refractivity (Wildman–Crippen MR) is 82.0 cm³/mol. The molecule has 3 N–H and O–H groups in total. The van der Waals surface area contributed by atoms with E-state index in [4.69, 9.17) is 5.73 Å². The molecule has 0 unspecified atom stereocenters. The number of amides is 2. The average Bonchev–Trinajstić information content (AvgIpc) is 2.47. The van der Waals surface area contributed by atoms with E-state index in [1.807, 2.05) is 32.0 Å². The minimum atomic E-state index is -0.466. The van der Waals surface area contributed by atoms with Crippen molar-refractivity contribution >= 4 is 11.8 Å². The van der Waals surface area contributed by atoms with E-state index in [1.165, 1.54) is 0 Å². The van der Waals surface area contributed by atoms with E-state index < -0.39 is 5.91 Å². The number of nitrogens with zero attached hydrogens (tertiary/aromatic N) is 1. The van der Waals surface area contributed by atoms with Crippen molar-refractivity contribution in [3.63, 3.8) is 0 Å². The van der Waals surface area contributed by atoms with Crippen molar-refractivity contribution in [1.29, 1.82) is 0 Å². The Kier molecular flexibility index (Phi) is 4.96. The summed E-state index contributed by atoms with van der Waals surface area (Å²) < 4.78 is 0. The van der Waals surface area contributed by atoms with Crippen LogP contribution < -0.4 is 11.1 Å². The van der Waals surface area contributed by atoms with Gasteiger partial charge in [-0.25, -0.2) is 0 Å². The fourth-order valence-corrected chi connectivity index (χ4v) is 2.77. The first-order valence-corrected chi connectivity index (χ1v) is 7.36. The van der Waals surface area contributed by atoms with Crippen LogP contribution >= 0.6 is 0 Å². The Morgan fingerprint density at radius 2 is 1.95 bits per heavy atom. The van der Waals surface area contributed by atoms with Gasteiger partial charge in [-0.05, 0) is 51.4 Å². The minimum Gasteiger partial charge on any atom is -0.368 e. The standard InChI is InChI=1S/C16H23N3O2/c1-11-3-4-12(2)14(9-11)16(21)19(10-15(17)20)13-5-7-18-8-6-13/h3-4,9,13,18H,5-8,10H2,1-2H3,(H2,17,20). The molecule has 0 saturated carbocycles. The molecule has 0 spiro atoms. The Labute approximate surface area is 125 Å². The fraction of sp³-hybridized carbons (Fsp3) is 0.500. The maximum atomic E-state index is 12.9. The number of hydrogen-bond donors (Lipinski definition) is 2. The monoisotopic (exact) mass is 289 g/mol. The van der Waals surface area contributed by atoms with Crippen molar-refractivity contribution in [3.05, 3.63) is 34.9 Å². The van der Waals surface area contributed by atoms with E-state index in [0.717, 1.165) is 37.1 Å². The molecule has 2 rings (SSSR count). The number of carbonyl (C=O) groups excluding carboxylic acids is 2. The van der Waals surface area contributed by atoms with Gasteiger partial charge in [0.1, 0.15) is 0 Å². The summed E-state index contributed by atoms with van der Waals surface area (Å²) in [6.45, 7) is 5.58. The van der Waals surface area contributed by atoms with Gasteiger partial charge < -0.3 is 16.0 Å². The first kappa shape index (κ1) is 15.5. The lowest BCUT2D eigenvalue weighted by Crippen LogP contribution is -2.49. The first-order chi connectivity index (χ1) is 9.99. The van der Waals surface area contributed by atoms with Gasteiger partial charge in [0.25, 0.3) is 5.91 Å². The molecule has 114 valence electrons. The third kappa shape index (κ3) is 3.82. The highest BCUT2D eigenvalue weighted by atomic mass is 16.2. The van der Waals surface area contributed by atoms with Gasteiger partial charge in [-0.3, -0.25) is 9.59 Å². The molecular formula is C16H23N3O2. The van der Waals surface area contributed by atoms with Crippen LogP contribution in [-0.4, -0.2) is 42.4 Å². The van der Waals surface area contributed by atoms with Crippen molar-refractivity contribution in [3.8, 4) is 0 Å². The number of rotatable bonds is 4. The van der Waals surface area contributed by atoms with Crippen LogP contribution in [0.15, 0.2) is 18.2 Å². The number of carbonyl (C=O) groups is 2. The van der Waals surface area contributed by atoms with E-state index >= 15 is 0 Å². The van der Waals surface area contributed by atoms with Crippen LogP contribution in [0.3, 0.4) is 0 Å². The van der Waals surface area contributed by atoms with Gasteiger partial charge in [0.2, 0.25) is 5.91 Å². The van der Waals surface area contributed by atoms with Crippen LogP contribution in [0.1, 0.15) is 34.3 Å². The number of primary amides is 1. The number of benzene rings is 1. The van der Waals surface area contributed by atoms with Crippen LogP contribution in [0.5, 0.6) is 0 Å². The normalized spacial score (nSPS) is 15.7. The Hall–Kier alpha value is -1.88. The van der Waals surface area contributed by atoms with Gasteiger partial charge in [0.05, 0.1) is 6.54 Å². The second-order valence-corrected chi connectivity index (χ2v) is 5.70. The fourth-order valence-electron chi connectivity index (χ4n) is 2.77. The molecule has 0 bridgehead atoms. The summed E-state index contributed by atoms with van der Waals surface area (Å²) in [6.07, 6.45) is 1.70. The summed E-state index contributed by atoms with van der Waals surface area (Å²) in [4.78, 5) is 25.8. The molecular weight excluding hydrogens is 266 g/mol. The molecule has 1 heterocycles. The van der Waals surface area contributed by atoms with Gasteiger partial charge in [0, 0.05) is 11.6 Å².